The third kappa shape index (κ3) is 3.22. The van der Waals surface area contributed by atoms with E-state index in [1.54, 1.807) is 7.11 Å². The number of nitrogens with one attached hydrogen (secondary N) is 2. The van der Waals surface area contributed by atoms with Crippen LogP contribution in [0.3, 0.4) is 0 Å². The van der Waals surface area contributed by atoms with E-state index in [0.29, 0.717) is 13.2 Å². The maximum absolute atomic E-state index is 11.8. The molecule has 1 amide bonds. The molecule has 2 unspecified atom stereocenters. The van der Waals surface area contributed by atoms with E-state index in [1.807, 2.05) is 32.0 Å². The molecule has 1 heterocycles. The number of carbonyl (C=O) groups is 1. The van der Waals surface area contributed by atoms with Crippen LogP contribution in [0.1, 0.15) is 31.9 Å². The molecule has 0 fully saturated rings. The van der Waals surface area contributed by atoms with Gasteiger partial charge in [0.05, 0.1) is 19.8 Å². The first-order valence-electron chi connectivity index (χ1n) is 7.00. The van der Waals surface area contributed by atoms with Crippen LogP contribution in [0.2, 0.25) is 0 Å². The zero-order chi connectivity index (χ0) is 14.5. The van der Waals surface area contributed by atoms with Crippen LogP contribution >= 0.6 is 0 Å². The van der Waals surface area contributed by atoms with Crippen molar-refractivity contribution in [1.29, 1.82) is 0 Å². The van der Waals surface area contributed by atoms with Crippen molar-refractivity contribution in [1.82, 2.24) is 10.6 Å². The summed E-state index contributed by atoms with van der Waals surface area (Å²) in [6.45, 7) is 5.09. The minimum atomic E-state index is -0.239. The fourth-order valence-electron chi connectivity index (χ4n) is 2.38. The van der Waals surface area contributed by atoms with Crippen LogP contribution in [-0.2, 0) is 4.79 Å². The molecule has 0 saturated carbocycles. The Morgan fingerprint density at radius 1 is 1.55 bits per heavy atom. The molecule has 0 aromatic heterocycles. The number of hydrogen-bond donors (Lipinski definition) is 2. The van der Waals surface area contributed by atoms with E-state index in [0.717, 1.165) is 23.5 Å². The number of benzene rings is 1. The Hall–Kier alpha value is -1.75. The Bertz CT molecular complexity index is 476. The predicted molar refractivity (Wildman–Crippen MR) is 77.1 cm³/mol. The lowest BCUT2D eigenvalue weighted by atomic mass is 9.99. The van der Waals surface area contributed by atoms with Crippen molar-refractivity contribution in [2.24, 2.45) is 0 Å². The normalized spacial score (nSPS) is 18.6. The molecule has 2 rings (SSSR count). The van der Waals surface area contributed by atoms with E-state index in [9.17, 15) is 4.79 Å². The molecule has 1 aromatic rings. The van der Waals surface area contributed by atoms with Gasteiger partial charge in [-0.25, -0.2) is 0 Å². The Labute approximate surface area is 119 Å². The molecule has 1 aliphatic heterocycles. The Balaban J connectivity index is 2.13. The number of methoxy groups -OCH3 is 1. The number of likely N-dealkylation sites (N-methyl/N-ethyl adjacent to an activating group) is 1. The molecular weight excluding hydrogens is 256 g/mol. The molecule has 0 bridgehead atoms. The van der Waals surface area contributed by atoms with Crippen molar-refractivity contribution < 1.29 is 14.3 Å². The van der Waals surface area contributed by atoms with Crippen LogP contribution in [0.4, 0.5) is 0 Å². The van der Waals surface area contributed by atoms with Gasteiger partial charge in [-0.15, -0.1) is 0 Å². The monoisotopic (exact) mass is 278 g/mol. The number of amides is 1. The van der Waals surface area contributed by atoms with Gasteiger partial charge in [0.25, 0.3) is 0 Å². The van der Waals surface area contributed by atoms with Crippen molar-refractivity contribution in [3.63, 3.8) is 0 Å². The SMILES string of the molecule is CCNC(=O)C(C)NC1CCOc2ccc(OC)cc21. The largest absolute Gasteiger partial charge is 0.497 e. The number of fused-ring (bicyclic) bond motifs is 1. The molecule has 5 heteroatoms. The van der Waals surface area contributed by atoms with Crippen LogP contribution in [0.25, 0.3) is 0 Å². The minimum absolute atomic E-state index is 0.0171. The Morgan fingerprint density at radius 2 is 2.35 bits per heavy atom. The lowest BCUT2D eigenvalue weighted by Crippen LogP contribution is -2.44. The highest BCUT2D eigenvalue weighted by molar-refractivity contribution is 5.81. The van der Waals surface area contributed by atoms with Crippen LogP contribution in [0.5, 0.6) is 11.5 Å². The van der Waals surface area contributed by atoms with Crippen LogP contribution in [0, 0.1) is 0 Å². The molecule has 0 saturated heterocycles. The number of hydrogen-bond acceptors (Lipinski definition) is 4. The zero-order valence-electron chi connectivity index (χ0n) is 12.2. The van der Waals surface area contributed by atoms with Gasteiger partial charge in [0.15, 0.2) is 0 Å². The van der Waals surface area contributed by atoms with E-state index < -0.39 is 0 Å². The third-order valence-corrected chi connectivity index (χ3v) is 3.45. The molecule has 0 radical (unpaired) electrons. The second-order valence-electron chi connectivity index (χ2n) is 4.88. The third-order valence-electron chi connectivity index (χ3n) is 3.45. The molecule has 1 aromatic carbocycles. The molecule has 5 nitrogen and oxygen atoms in total. The molecule has 2 atom stereocenters. The Morgan fingerprint density at radius 3 is 3.05 bits per heavy atom. The highest BCUT2D eigenvalue weighted by atomic mass is 16.5. The number of carbonyl (C=O) groups excluding carboxylic acids is 1. The standard InChI is InChI=1S/C15H22N2O3/c1-4-16-15(18)10(2)17-13-7-8-20-14-6-5-11(19-3)9-12(13)14/h5-6,9-10,13,17H,4,7-8H2,1-3H3,(H,16,18). The highest BCUT2D eigenvalue weighted by Gasteiger charge is 2.25. The second-order valence-corrected chi connectivity index (χ2v) is 4.88. The molecule has 20 heavy (non-hydrogen) atoms. The maximum atomic E-state index is 11.8. The fraction of sp³-hybridized carbons (Fsp3) is 0.533. The first kappa shape index (κ1) is 14.7. The molecule has 0 spiro atoms. The van der Waals surface area contributed by atoms with Crippen molar-refractivity contribution in [2.75, 3.05) is 20.3 Å². The van der Waals surface area contributed by atoms with Gasteiger partial charge >= 0.3 is 0 Å². The fourth-order valence-corrected chi connectivity index (χ4v) is 2.38. The van der Waals surface area contributed by atoms with Gasteiger partial charge in [-0.1, -0.05) is 0 Å². The minimum Gasteiger partial charge on any atom is -0.497 e. The van der Waals surface area contributed by atoms with Gasteiger partial charge in [0.1, 0.15) is 11.5 Å². The first-order chi connectivity index (χ1) is 9.65. The topological polar surface area (TPSA) is 59.6 Å². The van der Waals surface area contributed by atoms with E-state index in [2.05, 4.69) is 10.6 Å². The summed E-state index contributed by atoms with van der Waals surface area (Å²) in [6.07, 6.45) is 0.837. The lowest BCUT2D eigenvalue weighted by molar-refractivity contribution is -0.122. The summed E-state index contributed by atoms with van der Waals surface area (Å²) in [7, 11) is 1.64. The lowest BCUT2D eigenvalue weighted by Gasteiger charge is -2.29. The zero-order valence-corrected chi connectivity index (χ0v) is 12.2. The van der Waals surface area contributed by atoms with Crippen LogP contribution in [0.15, 0.2) is 18.2 Å². The number of rotatable bonds is 5. The van der Waals surface area contributed by atoms with Crippen LogP contribution < -0.4 is 20.1 Å². The van der Waals surface area contributed by atoms with Gasteiger partial charge < -0.3 is 14.8 Å². The Kier molecular flexibility index (Phi) is 4.84. The van der Waals surface area contributed by atoms with Gasteiger partial charge in [-0.2, -0.15) is 0 Å². The van der Waals surface area contributed by atoms with Gasteiger partial charge in [-0.3, -0.25) is 10.1 Å². The average Bonchev–Trinajstić information content (AvgIpc) is 2.47. The first-order valence-corrected chi connectivity index (χ1v) is 7.00. The van der Waals surface area contributed by atoms with Gasteiger partial charge in [0, 0.05) is 24.6 Å². The number of ether oxygens (including phenoxy) is 2. The predicted octanol–water partition coefficient (Wildman–Crippen LogP) is 1.63. The molecule has 2 N–H and O–H groups in total. The van der Waals surface area contributed by atoms with Gasteiger partial charge in [0.2, 0.25) is 5.91 Å². The van der Waals surface area contributed by atoms with E-state index in [4.69, 9.17) is 9.47 Å². The molecule has 0 aliphatic carbocycles. The molecular formula is C15H22N2O3. The highest BCUT2D eigenvalue weighted by Crippen LogP contribution is 2.34. The molecule has 1 aliphatic rings. The van der Waals surface area contributed by atoms with Gasteiger partial charge in [-0.05, 0) is 32.0 Å². The van der Waals surface area contributed by atoms with E-state index in [-0.39, 0.29) is 18.0 Å². The summed E-state index contributed by atoms with van der Waals surface area (Å²) in [4.78, 5) is 11.8. The second kappa shape index (κ2) is 6.61. The quantitative estimate of drug-likeness (QED) is 0.859. The summed E-state index contributed by atoms with van der Waals surface area (Å²) in [6, 6.07) is 5.63. The summed E-state index contributed by atoms with van der Waals surface area (Å²) in [5.74, 6) is 1.67. The van der Waals surface area contributed by atoms with Crippen LogP contribution in [-0.4, -0.2) is 32.2 Å². The summed E-state index contributed by atoms with van der Waals surface area (Å²) < 4.78 is 10.9. The molecule has 110 valence electrons. The smallest absolute Gasteiger partial charge is 0.236 e. The van der Waals surface area contributed by atoms with Crippen molar-refractivity contribution in [3.05, 3.63) is 23.8 Å². The van der Waals surface area contributed by atoms with Crippen molar-refractivity contribution >= 4 is 5.91 Å². The summed E-state index contributed by atoms with van der Waals surface area (Å²) in [5.41, 5.74) is 1.05. The van der Waals surface area contributed by atoms with E-state index in [1.165, 1.54) is 0 Å². The van der Waals surface area contributed by atoms with Crippen molar-refractivity contribution in [3.8, 4) is 11.5 Å². The maximum Gasteiger partial charge on any atom is 0.236 e. The average molecular weight is 278 g/mol. The summed E-state index contributed by atoms with van der Waals surface area (Å²) >= 11 is 0. The van der Waals surface area contributed by atoms with E-state index >= 15 is 0 Å². The summed E-state index contributed by atoms with van der Waals surface area (Å²) in [5, 5.41) is 6.19. The van der Waals surface area contributed by atoms with Crippen molar-refractivity contribution in [2.45, 2.75) is 32.4 Å².